The van der Waals surface area contributed by atoms with Crippen molar-refractivity contribution >= 4 is 33.4 Å². The highest BCUT2D eigenvalue weighted by atomic mass is 32.1. The minimum Gasteiger partial charge on any atom is -0.462 e. The van der Waals surface area contributed by atoms with Crippen molar-refractivity contribution in [2.24, 2.45) is 4.99 Å². The summed E-state index contributed by atoms with van der Waals surface area (Å²) < 4.78 is 7.84. The fraction of sp³-hybridized carbons (Fsp3) is 0.353. The first kappa shape index (κ1) is 17.1. The Labute approximate surface area is 138 Å². The number of fused-ring (bicyclic) bond motifs is 1. The van der Waals surface area contributed by atoms with Gasteiger partial charge in [-0.05, 0) is 31.5 Å². The average molecular weight is 332 g/mol. The lowest BCUT2D eigenvalue weighted by Gasteiger charge is -2.03. The van der Waals surface area contributed by atoms with E-state index in [-0.39, 0.29) is 11.9 Å². The molecule has 0 atom stereocenters. The average Bonchev–Trinajstić information content (AvgIpc) is 2.85. The predicted molar refractivity (Wildman–Crippen MR) is 91.4 cm³/mol. The van der Waals surface area contributed by atoms with Gasteiger partial charge in [0, 0.05) is 13.0 Å². The van der Waals surface area contributed by atoms with Crippen molar-refractivity contribution in [3.63, 3.8) is 0 Å². The minimum absolute atomic E-state index is 0.137. The van der Waals surface area contributed by atoms with Crippen molar-refractivity contribution in [1.82, 2.24) is 4.57 Å². The van der Waals surface area contributed by atoms with Crippen molar-refractivity contribution in [2.45, 2.75) is 33.2 Å². The van der Waals surface area contributed by atoms with Crippen LogP contribution < -0.4 is 4.80 Å². The molecule has 0 saturated heterocycles. The molecular formula is C17H20N2O3S. The number of carbonyl (C=O) groups is 2. The van der Waals surface area contributed by atoms with Crippen LogP contribution in [0.3, 0.4) is 0 Å². The van der Waals surface area contributed by atoms with Gasteiger partial charge in [-0.1, -0.05) is 24.3 Å². The van der Waals surface area contributed by atoms with Gasteiger partial charge in [0.15, 0.2) is 4.80 Å². The van der Waals surface area contributed by atoms with E-state index in [0.29, 0.717) is 29.9 Å². The summed E-state index contributed by atoms with van der Waals surface area (Å²) in [5.41, 5.74) is 1.42. The van der Waals surface area contributed by atoms with Crippen LogP contribution in [-0.4, -0.2) is 23.1 Å². The van der Waals surface area contributed by atoms with Crippen LogP contribution in [0.15, 0.2) is 35.8 Å². The smallest absolute Gasteiger partial charge is 0.338 e. The van der Waals surface area contributed by atoms with E-state index in [1.807, 2.05) is 17.6 Å². The summed E-state index contributed by atoms with van der Waals surface area (Å²) in [6.45, 7) is 8.36. The minimum atomic E-state index is -0.349. The number of nitrogens with zero attached hydrogens (tertiary/aromatic N) is 2. The second-order valence-corrected chi connectivity index (χ2v) is 5.95. The number of ether oxygens (including phenoxy) is 1. The molecule has 1 aromatic carbocycles. The number of aromatic nitrogens is 1. The molecule has 23 heavy (non-hydrogen) atoms. The van der Waals surface area contributed by atoms with Crippen LogP contribution in [0.4, 0.5) is 0 Å². The zero-order chi connectivity index (χ0) is 16.8. The molecule has 0 bridgehead atoms. The SMILES string of the molecule is C=CCn1c(=NC(=O)CCC)sc2cc(C(=O)OCC)ccc21. The Hall–Kier alpha value is -2.21. The van der Waals surface area contributed by atoms with E-state index in [0.717, 1.165) is 16.6 Å². The third-order valence-corrected chi connectivity index (χ3v) is 4.23. The molecule has 0 saturated carbocycles. The van der Waals surface area contributed by atoms with Gasteiger partial charge in [0.25, 0.3) is 0 Å². The van der Waals surface area contributed by atoms with Crippen LogP contribution in [0, 0.1) is 0 Å². The van der Waals surface area contributed by atoms with Crippen LogP contribution in [0.1, 0.15) is 37.0 Å². The van der Waals surface area contributed by atoms with Crippen molar-refractivity contribution in [3.05, 3.63) is 41.2 Å². The van der Waals surface area contributed by atoms with Gasteiger partial charge in [-0.2, -0.15) is 4.99 Å². The Morgan fingerprint density at radius 1 is 1.39 bits per heavy atom. The molecule has 1 amide bonds. The molecule has 2 rings (SSSR count). The molecular weight excluding hydrogens is 312 g/mol. The molecule has 6 heteroatoms. The molecule has 0 aliphatic heterocycles. The van der Waals surface area contributed by atoms with Crippen LogP contribution >= 0.6 is 11.3 Å². The summed E-state index contributed by atoms with van der Waals surface area (Å²) in [6, 6.07) is 5.36. The number of rotatable bonds is 6. The van der Waals surface area contributed by atoms with E-state index >= 15 is 0 Å². The number of benzene rings is 1. The Morgan fingerprint density at radius 2 is 2.17 bits per heavy atom. The Balaban J connectivity index is 2.55. The van der Waals surface area contributed by atoms with Gasteiger partial charge in [0.1, 0.15) is 0 Å². The molecule has 2 aromatic rings. The lowest BCUT2D eigenvalue weighted by molar-refractivity contribution is -0.118. The third-order valence-electron chi connectivity index (χ3n) is 3.19. The molecule has 1 aromatic heterocycles. The fourth-order valence-electron chi connectivity index (χ4n) is 2.18. The van der Waals surface area contributed by atoms with Crippen molar-refractivity contribution < 1.29 is 14.3 Å². The van der Waals surface area contributed by atoms with Crippen LogP contribution in [0.5, 0.6) is 0 Å². The maximum absolute atomic E-state index is 11.9. The van der Waals surface area contributed by atoms with E-state index in [1.54, 1.807) is 25.1 Å². The Kier molecular flexibility index (Phi) is 5.87. The molecule has 5 nitrogen and oxygen atoms in total. The maximum Gasteiger partial charge on any atom is 0.338 e. The summed E-state index contributed by atoms with van der Waals surface area (Å²) >= 11 is 1.39. The molecule has 1 heterocycles. The summed E-state index contributed by atoms with van der Waals surface area (Å²) in [7, 11) is 0. The van der Waals surface area contributed by atoms with E-state index in [2.05, 4.69) is 11.6 Å². The van der Waals surface area contributed by atoms with Crippen LogP contribution in [0.25, 0.3) is 10.2 Å². The first-order chi connectivity index (χ1) is 11.1. The number of thiazole rings is 1. The lowest BCUT2D eigenvalue weighted by atomic mass is 10.2. The molecule has 0 aliphatic carbocycles. The molecule has 0 spiro atoms. The fourth-order valence-corrected chi connectivity index (χ4v) is 3.28. The normalized spacial score (nSPS) is 11.7. The molecule has 0 radical (unpaired) electrons. The topological polar surface area (TPSA) is 60.7 Å². The molecule has 0 aliphatic rings. The second-order valence-electron chi connectivity index (χ2n) is 4.94. The largest absolute Gasteiger partial charge is 0.462 e. The number of carbonyl (C=O) groups excluding carboxylic acids is 2. The van der Waals surface area contributed by atoms with Crippen molar-refractivity contribution in [3.8, 4) is 0 Å². The second kappa shape index (κ2) is 7.87. The predicted octanol–water partition coefficient (Wildman–Crippen LogP) is 3.29. The Morgan fingerprint density at radius 3 is 2.83 bits per heavy atom. The molecule has 0 unspecified atom stereocenters. The summed E-state index contributed by atoms with van der Waals surface area (Å²) in [5.74, 6) is -0.485. The third kappa shape index (κ3) is 3.96. The van der Waals surface area contributed by atoms with Gasteiger partial charge in [0.05, 0.1) is 22.4 Å². The van der Waals surface area contributed by atoms with Crippen LogP contribution in [0.2, 0.25) is 0 Å². The number of hydrogen-bond donors (Lipinski definition) is 0. The van der Waals surface area contributed by atoms with E-state index in [4.69, 9.17) is 4.74 Å². The Bertz CT molecular complexity index is 802. The molecule has 0 N–H and O–H groups in total. The van der Waals surface area contributed by atoms with E-state index < -0.39 is 0 Å². The summed E-state index contributed by atoms with van der Waals surface area (Å²) in [4.78, 5) is 28.5. The van der Waals surface area contributed by atoms with E-state index in [1.165, 1.54) is 11.3 Å². The van der Waals surface area contributed by atoms with Crippen molar-refractivity contribution in [2.75, 3.05) is 6.61 Å². The number of hydrogen-bond acceptors (Lipinski definition) is 4. The highest BCUT2D eigenvalue weighted by molar-refractivity contribution is 7.16. The first-order valence-corrected chi connectivity index (χ1v) is 8.41. The van der Waals surface area contributed by atoms with E-state index in [9.17, 15) is 9.59 Å². The highest BCUT2D eigenvalue weighted by Crippen LogP contribution is 2.20. The first-order valence-electron chi connectivity index (χ1n) is 7.59. The van der Waals surface area contributed by atoms with Gasteiger partial charge in [-0.15, -0.1) is 6.58 Å². The summed E-state index contributed by atoms with van der Waals surface area (Å²) in [6.07, 6.45) is 2.95. The lowest BCUT2D eigenvalue weighted by Crippen LogP contribution is -2.16. The van der Waals surface area contributed by atoms with Gasteiger partial charge in [-0.3, -0.25) is 4.79 Å². The monoisotopic (exact) mass is 332 g/mol. The standard InChI is InChI=1S/C17H20N2O3S/c1-4-7-15(20)18-17-19(10-5-2)13-9-8-12(11-14(13)23-17)16(21)22-6-3/h5,8-9,11H,2,4,6-7,10H2,1,3H3. The van der Waals surface area contributed by atoms with Crippen LogP contribution in [-0.2, 0) is 16.1 Å². The van der Waals surface area contributed by atoms with Crippen molar-refractivity contribution in [1.29, 1.82) is 0 Å². The molecule has 122 valence electrons. The number of esters is 1. The zero-order valence-corrected chi connectivity index (χ0v) is 14.2. The zero-order valence-electron chi connectivity index (χ0n) is 13.4. The summed E-state index contributed by atoms with van der Waals surface area (Å²) in [5, 5.41) is 0. The maximum atomic E-state index is 11.9. The van der Waals surface area contributed by atoms with Gasteiger partial charge in [0.2, 0.25) is 5.91 Å². The van der Waals surface area contributed by atoms with Gasteiger partial charge >= 0.3 is 5.97 Å². The number of allylic oxidation sites excluding steroid dienone is 1. The number of amides is 1. The highest BCUT2D eigenvalue weighted by Gasteiger charge is 2.11. The van der Waals surface area contributed by atoms with Gasteiger partial charge < -0.3 is 9.30 Å². The molecule has 0 fully saturated rings. The quantitative estimate of drug-likeness (QED) is 0.602. The van der Waals surface area contributed by atoms with Gasteiger partial charge in [-0.25, -0.2) is 4.79 Å².